The molecule has 25 heavy (non-hydrogen) atoms. The maximum atomic E-state index is 12.6. The Kier molecular flexibility index (Phi) is 6.84. The highest BCUT2D eigenvalue weighted by Crippen LogP contribution is 2.25. The topological polar surface area (TPSA) is 75.7 Å². The van der Waals surface area contributed by atoms with Crippen molar-refractivity contribution in [1.29, 1.82) is 0 Å². The SMILES string of the molecule is COc1ccc(C)cc1S(=O)(=O)NCCN(C(C)=O)C1CCCCC1. The van der Waals surface area contributed by atoms with E-state index in [0.717, 1.165) is 31.2 Å². The molecule has 1 amide bonds. The molecule has 0 bridgehead atoms. The molecule has 0 aliphatic heterocycles. The molecule has 0 heterocycles. The number of aryl methyl sites for hydroxylation is 1. The second-order valence-electron chi connectivity index (χ2n) is 6.56. The van der Waals surface area contributed by atoms with E-state index in [4.69, 9.17) is 4.74 Å². The monoisotopic (exact) mass is 368 g/mol. The number of methoxy groups -OCH3 is 1. The van der Waals surface area contributed by atoms with Gasteiger partial charge in [0.05, 0.1) is 7.11 Å². The van der Waals surface area contributed by atoms with Gasteiger partial charge in [-0.25, -0.2) is 13.1 Å². The van der Waals surface area contributed by atoms with Crippen LogP contribution in [0.2, 0.25) is 0 Å². The Labute approximate surface area is 150 Å². The van der Waals surface area contributed by atoms with Crippen molar-refractivity contribution in [2.24, 2.45) is 0 Å². The van der Waals surface area contributed by atoms with E-state index >= 15 is 0 Å². The number of carbonyl (C=O) groups excluding carboxylic acids is 1. The molecule has 0 unspecified atom stereocenters. The summed E-state index contributed by atoms with van der Waals surface area (Å²) in [7, 11) is -2.24. The van der Waals surface area contributed by atoms with Gasteiger partial charge in [0, 0.05) is 26.1 Å². The van der Waals surface area contributed by atoms with Crippen LogP contribution in [0.5, 0.6) is 5.75 Å². The molecule has 6 nitrogen and oxygen atoms in total. The molecule has 1 aromatic rings. The lowest BCUT2D eigenvalue weighted by atomic mass is 9.94. The number of ether oxygens (including phenoxy) is 1. The molecule has 1 saturated carbocycles. The third-order valence-electron chi connectivity index (χ3n) is 4.67. The molecule has 0 aromatic heterocycles. The van der Waals surface area contributed by atoms with Gasteiger partial charge < -0.3 is 9.64 Å². The number of hydrogen-bond acceptors (Lipinski definition) is 4. The molecular formula is C18H28N2O4S. The molecule has 1 aliphatic rings. The molecule has 1 N–H and O–H groups in total. The summed E-state index contributed by atoms with van der Waals surface area (Å²) in [6.45, 7) is 3.95. The lowest BCUT2D eigenvalue weighted by Crippen LogP contribution is -2.44. The summed E-state index contributed by atoms with van der Waals surface area (Å²) in [5.41, 5.74) is 0.841. The van der Waals surface area contributed by atoms with Crippen molar-refractivity contribution in [2.75, 3.05) is 20.2 Å². The standard InChI is InChI=1S/C18H28N2O4S/c1-14-9-10-17(24-3)18(13-14)25(22,23)19-11-12-20(15(2)21)16-7-5-4-6-8-16/h9-10,13,16,19H,4-8,11-12H2,1-3H3. The molecule has 1 aliphatic carbocycles. The Balaban J connectivity index is 2.03. The highest BCUT2D eigenvalue weighted by atomic mass is 32.2. The van der Waals surface area contributed by atoms with E-state index < -0.39 is 10.0 Å². The predicted molar refractivity (Wildman–Crippen MR) is 97.2 cm³/mol. The Morgan fingerprint density at radius 3 is 2.56 bits per heavy atom. The molecule has 140 valence electrons. The van der Waals surface area contributed by atoms with Crippen LogP contribution in [0.1, 0.15) is 44.6 Å². The summed E-state index contributed by atoms with van der Waals surface area (Å²) in [5.74, 6) is 0.313. The van der Waals surface area contributed by atoms with Crippen LogP contribution >= 0.6 is 0 Å². The summed E-state index contributed by atoms with van der Waals surface area (Å²) in [6, 6.07) is 5.27. The Bertz CT molecular complexity index is 697. The summed E-state index contributed by atoms with van der Waals surface area (Å²) >= 11 is 0. The summed E-state index contributed by atoms with van der Waals surface area (Å²) in [5, 5.41) is 0. The van der Waals surface area contributed by atoms with Gasteiger partial charge in [0.25, 0.3) is 0 Å². The smallest absolute Gasteiger partial charge is 0.244 e. The fraction of sp³-hybridized carbons (Fsp3) is 0.611. The Morgan fingerprint density at radius 1 is 1.28 bits per heavy atom. The first-order valence-corrected chi connectivity index (χ1v) is 10.2. The van der Waals surface area contributed by atoms with E-state index in [2.05, 4.69) is 4.72 Å². The summed E-state index contributed by atoms with van der Waals surface area (Å²) < 4.78 is 33.0. The zero-order valence-electron chi connectivity index (χ0n) is 15.2. The van der Waals surface area contributed by atoms with Crippen LogP contribution in [0.15, 0.2) is 23.1 Å². The van der Waals surface area contributed by atoms with Crippen LogP contribution in [0.3, 0.4) is 0 Å². The van der Waals surface area contributed by atoms with Gasteiger partial charge in [0.15, 0.2) is 0 Å². The van der Waals surface area contributed by atoms with Crippen molar-refractivity contribution >= 4 is 15.9 Å². The van der Waals surface area contributed by atoms with Crippen molar-refractivity contribution in [3.8, 4) is 5.75 Å². The predicted octanol–water partition coefficient (Wildman–Crippen LogP) is 2.46. The van der Waals surface area contributed by atoms with Gasteiger partial charge in [-0.05, 0) is 37.5 Å². The zero-order chi connectivity index (χ0) is 18.4. The van der Waals surface area contributed by atoms with Crippen LogP contribution in [0.25, 0.3) is 0 Å². The van der Waals surface area contributed by atoms with Gasteiger partial charge in [0.2, 0.25) is 15.9 Å². The van der Waals surface area contributed by atoms with Crippen molar-refractivity contribution in [3.63, 3.8) is 0 Å². The largest absolute Gasteiger partial charge is 0.495 e. The Morgan fingerprint density at radius 2 is 1.96 bits per heavy atom. The summed E-state index contributed by atoms with van der Waals surface area (Å²) in [6.07, 6.45) is 5.46. The molecule has 1 aromatic carbocycles. The highest BCUT2D eigenvalue weighted by Gasteiger charge is 2.24. The summed E-state index contributed by atoms with van der Waals surface area (Å²) in [4.78, 5) is 13.9. The maximum absolute atomic E-state index is 12.6. The van der Waals surface area contributed by atoms with E-state index in [0.29, 0.717) is 12.3 Å². The second-order valence-corrected chi connectivity index (χ2v) is 8.29. The quantitative estimate of drug-likeness (QED) is 0.802. The first-order valence-electron chi connectivity index (χ1n) is 8.76. The van der Waals surface area contributed by atoms with E-state index in [1.54, 1.807) is 30.0 Å². The number of benzene rings is 1. The zero-order valence-corrected chi connectivity index (χ0v) is 16.1. The van der Waals surface area contributed by atoms with Crippen LogP contribution in [-0.4, -0.2) is 45.5 Å². The number of amides is 1. The van der Waals surface area contributed by atoms with Gasteiger partial charge in [-0.15, -0.1) is 0 Å². The maximum Gasteiger partial charge on any atom is 0.244 e. The molecule has 1 fully saturated rings. The molecule has 2 rings (SSSR count). The van der Waals surface area contributed by atoms with Crippen molar-refractivity contribution < 1.29 is 17.9 Å². The first-order chi connectivity index (χ1) is 11.8. The van der Waals surface area contributed by atoms with Crippen molar-refractivity contribution in [3.05, 3.63) is 23.8 Å². The lowest BCUT2D eigenvalue weighted by Gasteiger charge is -2.33. The number of nitrogens with one attached hydrogen (secondary N) is 1. The Hall–Kier alpha value is -1.60. The van der Waals surface area contributed by atoms with E-state index in [1.165, 1.54) is 13.5 Å². The van der Waals surface area contributed by atoms with Gasteiger partial charge in [-0.1, -0.05) is 25.3 Å². The number of sulfonamides is 1. The lowest BCUT2D eigenvalue weighted by molar-refractivity contribution is -0.131. The van der Waals surface area contributed by atoms with Gasteiger partial charge in [0.1, 0.15) is 10.6 Å². The molecule has 0 radical (unpaired) electrons. The minimum atomic E-state index is -3.69. The van der Waals surface area contributed by atoms with E-state index in [1.807, 2.05) is 6.92 Å². The molecular weight excluding hydrogens is 340 g/mol. The molecule has 0 spiro atoms. The van der Waals surface area contributed by atoms with Crippen LogP contribution in [0.4, 0.5) is 0 Å². The normalized spacial score (nSPS) is 15.8. The highest BCUT2D eigenvalue weighted by molar-refractivity contribution is 7.89. The fourth-order valence-electron chi connectivity index (χ4n) is 3.36. The van der Waals surface area contributed by atoms with Crippen LogP contribution < -0.4 is 9.46 Å². The third-order valence-corrected chi connectivity index (χ3v) is 6.16. The minimum Gasteiger partial charge on any atom is -0.495 e. The number of carbonyl (C=O) groups is 1. The van der Waals surface area contributed by atoms with Gasteiger partial charge >= 0.3 is 0 Å². The van der Waals surface area contributed by atoms with E-state index in [9.17, 15) is 13.2 Å². The fourth-order valence-corrected chi connectivity index (χ4v) is 4.63. The van der Waals surface area contributed by atoms with E-state index in [-0.39, 0.29) is 23.4 Å². The number of nitrogens with zero attached hydrogens (tertiary/aromatic N) is 1. The van der Waals surface area contributed by atoms with Gasteiger partial charge in [-0.3, -0.25) is 4.79 Å². The third kappa shape index (κ3) is 5.19. The van der Waals surface area contributed by atoms with Gasteiger partial charge in [-0.2, -0.15) is 0 Å². The molecule has 0 atom stereocenters. The van der Waals surface area contributed by atoms with Crippen LogP contribution in [-0.2, 0) is 14.8 Å². The molecule has 0 saturated heterocycles. The second kappa shape index (κ2) is 8.67. The average molecular weight is 368 g/mol. The minimum absolute atomic E-state index is 0.000709. The first kappa shape index (κ1) is 19.7. The van der Waals surface area contributed by atoms with Crippen molar-refractivity contribution in [2.45, 2.75) is 56.9 Å². The van der Waals surface area contributed by atoms with Crippen LogP contribution in [0, 0.1) is 6.92 Å². The number of hydrogen-bond donors (Lipinski definition) is 1. The molecule has 7 heteroatoms. The average Bonchev–Trinajstić information content (AvgIpc) is 2.59. The number of rotatable bonds is 7. The van der Waals surface area contributed by atoms with Crippen molar-refractivity contribution in [1.82, 2.24) is 9.62 Å².